The van der Waals surface area contributed by atoms with Crippen LogP contribution in [0.15, 0.2) is 102 Å². The summed E-state index contributed by atoms with van der Waals surface area (Å²) >= 11 is 0. The van der Waals surface area contributed by atoms with Gasteiger partial charge in [0.15, 0.2) is 23.1 Å². The molecule has 0 aliphatic carbocycles. The Balaban J connectivity index is 1.11. The second-order valence-corrected chi connectivity index (χ2v) is 12.4. The van der Waals surface area contributed by atoms with Crippen molar-refractivity contribution in [3.8, 4) is 34.1 Å². The number of benzene rings is 4. The molecule has 6 rings (SSSR count). The average Bonchev–Trinajstić information content (AvgIpc) is 3.09. The summed E-state index contributed by atoms with van der Waals surface area (Å²) < 4.78 is 49.0. The molecule has 1 unspecified atom stereocenters. The molecule has 8 nitrogen and oxygen atoms in total. The Hall–Kier alpha value is -4.51. The molecular weight excluding hydrogens is 603 g/mol. The highest BCUT2D eigenvalue weighted by Gasteiger charge is 2.16. The van der Waals surface area contributed by atoms with Gasteiger partial charge in [-0.15, -0.1) is 0 Å². The van der Waals surface area contributed by atoms with Crippen molar-refractivity contribution in [3.05, 3.63) is 103 Å². The SMILES string of the molecule is COc1cc2c(Oc3ccc(NS(=O)c4cccc(-c5ccccc5)c4)cc3F)ccnc2cc1OCCCN1CCN(C)CC1. The molecule has 0 amide bonds. The van der Waals surface area contributed by atoms with Gasteiger partial charge in [0.2, 0.25) is 0 Å². The molecule has 0 spiro atoms. The monoisotopic (exact) mass is 640 g/mol. The smallest absolute Gasteiger partial charge is 0.167 e. The molecule has 1 aromatic heterocycles. The molecule has 46 heavy (non-hydrogen) atoms. The zero-order chi connectivity index (χ0) is 31.9. The lowest BCUT2D eigenvalue weighted by molar-refractivity contribution is 0.145. The van der Waals surface area contributed by atoms with Crippen molar-refractivity contribution in [3.63, 3.8) is 0 Å². The van der Waals surface area contributed by atoms with Gasteiger partial charge in [0, 0.05) is 62.1 Å². The van der Waals surface area contributed by atoms with Gasteiger partial charge in [-0.05, 0) is 61.0 Å². The van der Waals surface area contributed by atoms with E-state index in [1.165, 1.54) is 12.1 Å². The fraction of sp³-hybridized carbons (Fsp3) is 0.250. The lowest BCUT2D eigenvalue weighted by atomic mass is 10.1. The number of rotatable bonds is 12. The van der Waals surface area contributed by atoms with Crippen LogP contribution in [-0.4, -0.2) is 72.5 Å². The van der Waals surface area contributed by atoms with E-state index in [2.05, 4.69) is 26.6 Å². The maximum absolute atomic E-state index is 15.3. The minimum Gasteiger partial charge on any atom is -0.493 e. The van der Waals surface area contributed by atoms with E-state index in [1.54, 1.807) is 37.6 Å². The predicted octanol–water partition coefficient (Wildman–Crippen LogP) is 6.99. The van der Waals surface area contributed by atoms with E-state index >= 15 is 4.39 Å². The number of piperazine rings is 1. The Morgan fingerprint density at radius 3 is 2.43 bits per heavy atom. The van der Waals surface area contributed by atoms with E-state index in [0.717, 1.165) is 50.3 Å². The van der Waals surface area contributed by atoms with Gasteiger partial charge in [-0.2, -0.15) is 0 Å². The van der Waals surface area contributed by atoms with Crippen molar-refractivity contribution < 1.29 is 22.8 Å². The first-order chi connectivity index (χ1) is 22.5. The van der Waals surface area contributed by atoms with Crippen LogP contribution in [0.25, 0.3) is 22.0 Å². The maximum atomic E-state index is 15.3. The number of likely N-dealkylation sites (N-methyl/N-ethyl adjacent to an activating group) is 1. The molecule has 1 saturated heterocycles. The molecule has 5 aromatic rings. The molecular formula is C36H37FN4O4S. The maximum Gasteiger partial charge on any atom is 0.167 e. The van der Waals surface area contributed by atoms with Gasteiger partial charge in [0.1, 0.15) is 16.7 Å². The first-order valence-electron chi connectivity index (χ1n) is 15.3. The second-order valence-electron chi connectivity index (χ2n) is 11.2. The Morgan fingerprint density at radius 1 is 0.848 bits per heavy atom. The molecule has 4 aromatic carbocycles. The average molecular weight is 641 g/mol. The van der Waals surface area contributed by atoms with Gasteiger partial charge < -0.3 is 28.7 Å². The third kappa shape index (κ3) is 7.64. The van der Waals surface area contributed by atoms with Crippen molar-refractivity contribution in [1.29, 1.82) is 0 Å². The van der Waals surface area contributed by atoms with E-state index in [4.69, 9.17) is 14.2 Å². The molecule has 1 N–H and O–H groups in total. The molecule has 0 radical (unpaired) electrons. The molecule has 1 atom stereocenters. The fourth-order valence-electron chi connectivity index (χ4n) is 5.38. The molecule has 10 heteroatoms. The lowest BCUT2D eigenvalue weighted by Gasteiger charge is -2.32. The summed E-state index contributed by atoms with van der Waals surface area (Å²) in [5.74, 6) is 0.993. The molecule has 1 aliphatic rings. The highest BCUT2D eigenvalue weighted by atomic mass is 32.2. The molecule has 0 saturated carbocycles. The van der Waals surface area contributed by atoms with Crippen LogP contribution in [0.5, 0.6) is 23.0 Å². The summed E-state index contributed by atoms with van der Waals surface area (Å²) in [4.78, 5) is 9.87. The highest BCUT2D eigenvalue weighted by Crippen LogP contribution is 2.38. The second kappa shape index (κ2) is 14.7. The summed E-state index contributed by atoms with van der Waals surface area (Å²) in [7, 11) is 2.14. The zero-order valence-corrected chi connectivity index (χ0v) is 26.8. The van der Waals surface area contributed by atoms with Crippen molar-refractivity contribution in [2.45, 2.75) is 11.3 Å². The number of hydrogen-bond acceptors (Lipinski definition) is 7. The number of aromatic nitrogens is 1. The number of fused-ring (bicyclic) bond motifs is 1. The summed E-state index contributed by atoms with van der Waals surface area (Å²) in [5.41, 5.74) is 2.98. The van der Waals surface area contributed by atoms with Crippen LogP contribution in [0.4, 0.5) is 10.1 Å². The number of pyridine rings is 1. The van der Waals surface area contributed by atoms with Crippen LogP contribution in [0, 0.1) is 5.82 Å². The van der Waals surface area contributed by atoms with Gasteiger partial charge >= 0.3 is 0 Å². The van der Waals surface area contributed by atoms with Crippen molar-refractivity contribution >= 4 is 27.6 Å². The number of nitrogens with zero attached hydrogens (tertiary/aromatic N) is 3. The lowest BCUT2D eigenvalue weighted by Crippen LogP contribution is -2.44. The van der Waals surface area contributed by atoms with E-state index in [1.807, 2.05) is 54.6 Å². The number of ether oxygens (including phenoxy) is 3. The predicted molar refractivity (Wildman–Crippen MR) is 181 cm³/mol. The molecule has 2 heterocycles. The molecule has 0 bridgehead atoms. The molecule has 1 fully saturated rings. The summed E-state index contributed by atoms with van der Waals surface area (Å²) in [6, 6.07) is 27.0. The van der Waals surface area contributed by atoms with Gasteiger partial charge in [-0.25, -0.2) is 8.60 Å². The van der Waals surface area contributed by atoms with Crippen LogP contribution >= 0.6 is 0 Å². The van der Waals surface area contributed by atoms with E-state index in [-0.39, 0.29) is 5.75 Å². The summed E-state index contributed by atoms with van der Waals surface area (Å²) in [6.45, 7) is 5.87. The van der Waals surface area contributed by atoms with Crippen LogP contribution in [0.1, 0.15) is 6.42 Å². The van der Waals surface area contributed by atoms with Crippen molar-refractivity contribution in [2.24, 2.45) is 0 Å². The molecule has 238 valence electrons. The Labute approximate surface area is 271 Å². The number of nitrogens with one attached hydrogen (secondary N) is 1. The van der Waals surface area contributed by atoms with E-state index < -0.39 is 16.8 Å². The number of methoxy groups -OCH3 is 1. The third-order valence-corrected chi connectivity index (χ3v) is 9.08. The van der Waals surface area contributed by atoms with Gasteiger partial charge in [-0.3, -0.25) is 4.98 Å². The Kier molecular flexibility index (Phi) is 10.1. The minimum atomic E-state index is -1.60. The topological polar surface area (TPSA) is 76.2 Å². The quantitative estimate of drug-likeness (QED) is 0.147. The Morgan fingerprint density at radius 2 is 1.65 bits per heavy atom. The minimum absolute atomic E-state index is 0.0260. The van der Waals surface area contributed by atoms with Gasteiger partial charge in [0.05, 0.1) is 24.1 Å². The number of halogens is 1. The van der Waals surface area contributed by atoms with E-state index in [9.17, 15) is 4.21 Å². The zero-order valence-electron chi connectivity index (χ0n) is 25.9. The van der Waals surface area contributed by atoms with Crippen LogP contribution in [0.2, 0.25) is 0 Å². The summed E-state index contributed by atoms with van der Waals surface area (Å²) in [5, 5.41) is 0.658. The molecule has 1 aliphatic heterocycles. The van der Waals surface area contributed by atoms with Gasteiger partial charge in [-0.1, -0.05) is 42.5 Å². The standard InChI is InChI=1S/C36H37FN4O4S/c1-40-17-19-41(20-18-40)16-7-21-44-36-25-32-30(24-35(36)43-2)33(14-15-38-32)45-34-13-12-28(23-31(34)37)39-46(42)29-11-6-10-27(22-29)26-8-4-3-5-9-26/h3-6,8-15,22-25,39H,7,16-21H2,1-2H3. The first-order valence-corrected chi connectivity index (χ1v) is 16.4. The van der Waals surface area contributed by atoms with Crippen molar-refractivity contribution in [2.75, 3.05) is 58.2 Å². The number of hydrogen-bond donors (Lipinski definition) is 1. The van der Waals surface area contributed by atoms with Gasteiger partial charge in [0.25, 0.3) is 0 Å². The third-order valence-electron chi connectivity index (χ3n) is 7.98. The Bertz CT molecular complexity index is 1820. The van der Waals surface area contributed by atoms with E-state index in [0.29, 0.717) is 45.3 Å². The van der Waals surface area contributed by atoms with Crippen molar-refractivity contribution in [1.82, 2.24) is 14.8 Å². The van der Waals surface area contributed by atoms with Crippen LogP contribution in [0.3, 0.4) is 0 Å². The fourth-order valence-corrected chi connectivity index (χ4v) is 6.28. The number of anilines is 1. The first kappa shape index (κ1) is 31.5. The van der Waals surface area contributed by atoms with Crippen LogP contribution in [-0.2, 0) is 11.0 Å². The highest BCUT2D eigenvalue weighted by molar-refractivity contribution is 7.86. The van der Waals surface area contributed by atoms with Crippen LogP contribution < -0.4 is 18.9 Å². The summed E-state index contributed by atoms with van der Waals surface area (Å²) in [6.07, 6.45) is 2.51. The largest absolute Gasteiger partial charge is 0.493 e. The normalized spacial score (nSPS) is 14.6.